The van der Waals surface area contributed by atoms with Gasteiger partial charge in [-0.25, -0.2) is 0 Å². The van der Waals surface area contributed by atoms with Crippen molar-refractivity contribution in [1.82, 2.24) is 35.7 Å². The maximum atomic E-state index is 11.6. The van der Waals surface area contributed by atoms with Gasteiger partial charge in [0.2, 0.25) is 5.91 Å². The number of thioether (sulfide) groups is 2. The van der Waals surface area contributed by atoms with Crippen LogP contribution in [0.25, 0.3) is 5.69 Å². The lowest BCUT2D eigenvalue weighted by atomic mass is 10.3. The summed E-state index contributed by atoms with van der Waals surface area (Å²) in [5, 5.41) is 23.0. The van der Waals surface area contributed by atoms with Gasteiger partial charge in [-0.15, -0.1) is 15.3 Å². The second-order valence-electron chi connectivity index (χ2n) is 5.10. The van der Waals surface area contributed by atoms with Crippen LogP contribution in [0, 0.1) is 0 Å². The zero-order valence-electron chi connectivity index (χ0n) is 14.0. The van der Waals surface area contributed by atoms with Crippen molar-refractivity contribution in [2.45, 2.75) is 27.8 Å². The van der Waals surface area contributed by atoms with E-state index in [1.807, 2.05) is 37.3 Å². The first-order valence-corrected chi connectivity index (χ1v) is 10.7. The maximum Gasteiger partial charge on any atom is 0.230 e. The van der Waals surface area contributed by atoms with E-state index < -0.39 is 0 Å². The van der Waals surface area contributed by atoms with Crippen molar-refractivity contribution in [3.05, 3.63) is 36.2 Å². The number of hydrogen-bond donors (Lipinski definition) is 1. The lowest BCUT2D eigenvalue weighted by Crippen LogP contribution is -2.25. The Morgan fingerprint density at radius 1 is 1.15 bits per heavy atom. The number of rotatable bonds is 9. The molecular weight excluding hydrogens is 390 g/mol. The minimum atomic E-state index is 0.0169. The van der Waals surface area contributed by atoms with Gasteiger partial charge in [-0.05, 0) is 29.0 Å². The minimum absolute atomic E-state index is 0.0169. The smallest absolute Gasteiger partial charge is 0.230 e. The van der Waals surface area contributed by atoms with Gasteiger partial charge in [0, 0.05) is 6.54 Å². The van der Waals surface area contributed by atoms with E-state index in [1.54, 1.807) is 4.68 Å². The number of carbonyl (C=O) groups is 1. The number of benzene rings is 1. The highest BCUT2D eigenvalue weighted by Crippen LogP contribution is 2.30. The molecule has 0 unspecified atom stereocenters. The molecular formula is C15H17N7OS3. The van der Waals surface area contributed by atoms with Gasteiger partial charge in [-0.1, -0.05) is 60.0 Å². The van der Waals surface area contributed by atoms with Crippen LogP contribution in [0.4, 0.5) is 0 Å². The van der Waals surface area contributed by atoms with Gasteiger partial charge in [0.05, 0.1) is 17.2 Å². The molecule has 0 bridgehead atoms. The Kier molecular flexibility index (Phi) is 6.97. The Bertz CT molecular complexity index is 837. The van der Waals surface area contributed by atoms with Crippen molar-refractivity contribution < 1.29 is 4.79 Å². The van der Waals surface area contributed by atoms with E-state index in [2.05, 4.69) is 31.0 Å². The summed E-state index contributed by atoms with van der Waals surface area (Å²) in [7, 11) is 0. The second kappa shape index (κ2) is 9.64. The molecule has 8 nitrogen and oxygen atoms in total. The lowest BCUT2D eigenvalue weighted by molar-refractivity contribution is -0.118. The zero-order chi connectivity index (χ0) is 18.2. The normalized spacial score (nSPS) is 10.8. The molecule has 1 N–H and O–H groups in total. The van der Waals surface area contributed by atoms with Gasteiger partial charge < -0.3 is 5.32 Å². The van der Waals surface area contributed by atoms with E-state index in [0.717, 1.165) is 26.6 Å². The molecule has 3 aromatic rings. The zero-order valence-corrected chi connectivity index (χ0v) is 16.5. The summed E-state index contributed by atoms with van der Waals surface area (Å²) >= 11 is 4.39. The topological polar surface area (TPSA) is 98.5 Å². The molecule has 1 amide bonds. The van der Waals surface area contributed by atoms with Gasteiger partial charge in [-0.2, -0.15) is 4.68 Å². The number of tetrazole rings is 1. The molecule has 0 aliphatic carbocycles. The Morgan fingerprint density at radius 3 is 2.69 bits per heavy atom. The summed E-state index contributed by atoms with van der Waals surface area (Å²) in [6.45, 7) is 2.72. The molecule has 2 aromatic heterocycles. The Morgan fingerprint density at radius 2 is 1.92 bits per heavy atom. The number of para-hydroxylation sites is 1. The fourth-order valence-corrected chi connectivity index (χ4v) is 4.70. The molecule has 0 aliphatic heterocycles. The Balaban J connectivity index is 1.53. The Hall–Kier alpha value is -1.98. The predicted molar refractivity (Wildman–Crippen MR) is 103 cm³/mol. The Labute approximate surface area is 163 Å². The first-order chi connectivity index (χ1) is 12.8. The summed E-state index contributed by atoms with van der Waals surface area (Å²) in [6, 6.07) is 9.74. The third kappa shape index (κ3) is 5.26. The largest absolute Gasteiger partial charge is 0.355 e. The maximum absolute atomic E-state index is 11.6. The van der Waals surface area contributed by atoms with Crippen LogP contribution in [0.2, 0.25) is 0 Å². The summed E-state index contributed by atoms with van der Waals surface area (Å²) in [6.07, 6.45) is 0.929. The minimum Gasteiger partial charge on any atom is -0.355 e. The van der Waals surface area contributed by atoms with Gasteiger partial charge >= 0.3 is 0 Å². The van der Waals surface area contributed by atoms with Gasteiger partial charge in [0.25, 0.3) is 0 Å². The molecule has 1 aromatic carbocycles. The molecule has 11 heteroatoms. The molecule has 0 aliphatic rings. The first-order valence-electron chi connectivity index (χ1n) is 7.94. The van der Waals surface area contributed by atoms with Crippen LogP contribution in [0.5, 0.6) is 0 Å². The summed E-state index contributed by atoms with van der Waals surface area (Å²) in [4.78, 5) is 11.6. The number of hydrogen-bond acceptors (Lipinski definition) is 9. The van der Waals surface area contributed by atoms with Crippen molar-refractivity contribution in [2.75, 3.05) is 12.3 Å². The fraction of sp³-hybridized carbons (Fsp3) is 0.333. The first kappa shape index (κ1) is 18.8. The molecule has 0 saturated heterocycles. The molecule has 2 heterocycles. The second-order valence-corrected chi connectivity index (χ2v) is 8.53. The summed E-state index contributed by atoms with van der Waals surface area (Å²) in [5.41, 5.74) is 0.916. The van der Waals surface area contributed by atoms with Crippen molar-refractivity contribution in [3.8, 4) is 5.69 Å². The highest BCUT2D eigenvalue weighted by molar-refractivity contribution is 8.03. The van der Waals surface area contributed by atoms with E-state index in [0.29, 0.717) is 18.1 Å². The number of carbonyl (C=O) groups excluding carboxylic acids is 1. The molecule has 0 atom stereocenters. The van der Waals surface area contributed by atoms with Crippen LogP contribution in [0.1, 0.15) is 19.2 Å². The van der Waals surface area contributed by atoms with Crippen LogP contribution in [0.3, 0.4) is 0 Å². The van der Waals surface area contributed by atoms with Crippen molar-refractivity contribution >= 4 is 40.8 Å². The van der Waals surface area contributed by atoms with Crippen LogP contribution in [0.15, 0.2) is 39.0 Å². The van der Waals surface area contributed by atoms with Gasteiger partial charge in [0.1, 0.15) is 0 Å². The van der Waals surface area contributed by atoms with Gasteiger partial charge in [-0.3, -0.25) is 4.79 Å². The summed E-state index contributed by atoms with van der Waals surface area (Å²) < 4.78 is 3.31. The number of nitrogens with zero attached hydrogens (tertiary/aromatic N) is 6. The molecule has 0 radical (unpaired) electrons. The van der Waals surface area contributed by atoms with E-state index in [1.165, 1.54) is 34.9 Å². The van der Waals surface area contributed by atoms with Crippen molar-refractivity contribution in [2.24, 2.45) is 0 Å². The lowest BCUT2D eigenvalue weighted by Gasteiger charge is -2.02. The molecule has 26 heavy (non-hydrogen) atoms. The van der Waals surface area contributed by atoms with E-state index in [4.69, 9.17) is 0 Å². The number of aromatic nitrogens is 6. The highest BCUT2D eigenvalue weighted by Gasteiger charge is 2.12. The van der Waals surface area contributed by atoms with Crippen LogP contribution < -0.4 is 5.32 Å². The third-order valence-corrected chi connectivity index (χ3v) is 6.33. The van der Waals surface area contributed by atoms with Crippen LogP contribution in [-0.4, -0.2) is 48.6 Å². The quantitative estimate of drug-likeness (QED) is 0.540. The SMILES string of the molecule is CCCNC(=O)CSc1nnc(SCc2nnnn2-c2ccccc2)s1. The van der Waals surface area contributed by atoms with E-state index in [9.17, 15) is 4.79 Å². The average Bonchev–Trinajstić information content (AvgIpc) is 3.33. The molecule has 0 spiro atoms. The van der Waals surface area contributed by atoms with E-state index in [-0.39, 0.29) is 5.91 Å². The third-order valence-electron chi connectivity index (χ3n) is 3.15. The molecule has 0 saturated carbocycles. The van der Waals surface area contributed by atoms with Gasteiger partial charge in [0.15, 0.2) is 14.5 Å². The molecule has 136 valence electrons. The fourth-order valence-electron chi connectivity index (χ4n) is 1.95. The monoisotopic (exact) mass is 407 g/mol. The van der Waals surface area contributed by atoms with Crippen molar-refractivity contribution in [1.29, 1.82) is 0 Å². The predicted octanol–water partition coefficient (Wildman–Crippen LogP) is 2.42. The highest BCUT2D eigenvalue weighted by atomic mass is 32.2. The van der Waals surface area contributed by atoms with Crippen LogP contribution in [-0.2, 0) is 10.5 Å². The standard InChI is InChI=1S/C15H17N7OS3/c1-2-8-16-13(23)10-25-15-19-18-14(26-15)24-9-12-17-20-21-22(12)11-6-4-3-5-7-11/h3-7H,2,8-10H2,1H3,(H,16,23). The molecule has 3 rings (SSSR count). The summed E-state index contributed by atoms with van der Waals surface area (Å²) in [5.74, 6) is 1.69. The number of amides is 1. The van der Waals surface area contributed by atoms with Crippen LogP contribution >= 0.6 is 34.9 Å². The molecule has 0 fully saturated rings. The number of nitrogens with one attached hydrogen (secondary N) is 1. The average molecular weight is 408 g/mol. The van der Waals surface area contributed by atoms with Crippen molar-refractivity contribution in [3.63, 3.8) is 0 Å². The van der Waals surface area contributed by atoms with E-state index >= 15 is 0 Å².